The van der Waals surface area contributed by atoms with Crippen LogP contribution in [0, 0.1) is 0 Å². The van der Waals surface area contributed by atoms with Crippen LogP contribution >= 0.6 is 24.4 Å². The maximum Gasteiger partial charge on any atom is 0.0346 e. The Morgan fingerprint density at radius 3 is 1.74 bits per heavy atom. The van der Waals surface area contributed by atoms with Crippen LogP contribution in [-0.2, 0) is 0 Å². The largest absolute Gasteiger partial charge is 0.399 e. The summed E-state index contributed by atoms with van der Waals surface area (Å²) >= 11 is 5.19. The summed E-state index contributed by atoms with van der Waals surface area (Å²) in [6.07, 6.45) is 1.69. The zero-order chi connectivity index (χ0) is 16.7. The third-order valence-corrected chi connectivity index (χ3v) is 4.13. The fraction of sp³-hybridized carbons (Fsp3) is 0.0526. The monoisotopic (exact) mass is 340 g/mol. The minimum Gasteiger partial charge on any atom is -0.399 e. The van der Waals surface area contributed by atoms with Crippen molar-refractivity contribution >= 4 is 35.8 Å². The van der Waals surface area contributed by atoms with Crippen molar-refractivity contribution < 1.29 is 0 Å². The Labute approximate surface area is 147 Å². The first-order valence-electron chi connectivity index (χ1n) is 7.15. The predicted octanol–water partition coefficient (Wildman–Crippen LogP) is 5.22. The van der Waals surface area contributed by atoms with Crippen LogP contribution in [0.25, 0.3) is 11.1 Å². The number of benzene rings is 3. The summed E-state index contributed by atoms with van der Waals surface area (Å²) in [6, 6.07) is 24.5. The molecule has 0 aliphatic heterocycles. The summed E-state index contributed by atoms with van der Waals surface area (Å²) < 4.78 is 0. The molecule has 3 aromatic carbocycles. The van der Waals surface area contributed by atoms with Crippen LogP contribution in [0.1, 0.15) is 0 Å². The number of anilines is 2. The van der Waals surface area contributed by atoms with Gasteiger partial charge >= 0.3 is 0 Å². The van der Waals surface area contributed by atoms with Gasteiger partial charge in [-0.25, -0.2) is 0 Å². The van der Waals surface area contributed by atoms with Crippen LogP contribution in [0.2, 0.25) is 0 Å². The summed E-state index contributed by atoms with van der Waals surface area (Å²) in [5.41, 5.74) is 15.5. The van der Waals surface area contributed by atoms with Gasteiger partial charge in [0.1, 0.15) is 0 Å². The molecule has 0 radical (unpaired) electrons. The van der Waals surface area contributed by atoms with Gasteiger partial charge in [-0.1, -0.05) is 54.2 Å². The van der Waals surface area contributed by atoms with E-state index in [0.717, 1.165) is 4.90 Å². The van der Waals surface area contributed by atoms with Crippen molar-refractivity contribution in [2.45, 2.75) is 9.79 Å². The van der Waals surface area contributed by atoms with E-state index in [1.807, 2.05) is 30.3 Å². The van der Waals surface area contributed by atoms with Crippen molar-refractivity contribution in [2.75, 3.05) is 17.7 Å². The molecule has 0 fully saturated rings. The van der Waals surface area contributed by atoms with Crippen LogP contribution in [-0.4, -0.2) is 6.26 Å². The van der Waals surface area contributed by atoms with E-state index in [2.05, 4.69) is 49.0 Å². The molecule has 4 N–H and O–H groups in total. The van der Waals surface area contributed by atoms with Crippen molar-refractivity contribution in [3.63, 3.8) is 0 Å². The van der Waals surface area contributed by atoms with E-state index in [-0.39, 0.29) is 0 Å². The van der Waals surface area contributed by atoms with Crippen molar-refractivity contribution in [2.24, 2.45) is 0 Å². The van der Waals surface area contributed by atoms with E-state index < -0.39 is 0 Å². The summed E-state index contributed by atoms with van der Waals surface area (Å²) in [6.45, 7) is 0. The minimum absolute atomic E-state index is 0.693. The van der Waals surface area contributed by atoms with Gasteiger partial charge in [0.15, 0.2) is 0 Å². The maximum absolute atomic E-state index is 5.82. The first kappa shape index (κ1) is 17.3. The number of nitrogens with two attached hydrogens (primary N) is 2. The fourth-order valence-electron chi connectivity index (χ4n) is 2.19. The third-order valence-electron chi connectivity index (χ3n) is 3.15. The van der Waals surface area contributed by atoms with Gasteiger partial charge in [-0.2, -0.15) is 12.6 Å². The van der Waals surface area contributed by atoms with E-state index in [9.17, 15) is 0 Å². The van der Waals surface area contributed by atoms with Gasteiger partial charge in [-0.05, 0) is 47.7 Å². The molecule has 0 saturated heterocycles. The Morgan fingerprint density at radius 2 is 1.17 bits per heavy atom. The average Bonchev–Trinajstić information content (AvgIpc) is 2.57. The predicted molar refractivity (Wildman–Crippen MR) is 106 cm³/mol. The lowest BCUT2D eigenvalue weighted by Gasteiger charge is -2.06. The second-order valence-electron chi connectivity index (χ2n) is 4.83. The molecule has 0 spiro atoms. The molecule has 0 atom stereocenters. The second-order valence-corrected chi connectivity index (χ2v) is 5.97. The molecule has 4 heteroatoms. The van der Waals surface area contributed by atoms with Crippen molar-refractivity contribution in [1.82, 2.24) is 0 Å². The van der Waals surface area contributed by atoms with Crippen LogP contribution in [0.15, 0.2) is 82.6 Å². The normalized spacial score (nSPS) is 9.83. The zero-order valence-corrected chi connectivity index (χ0v) is 14.6. The van der Waals surface area contributed by atoms with Gasteiger partial charge in [0.25, 0.3) is 0 Å². The lowest BCUT2D eigenvalue weighted by molar-refractivity contribution is 1.41. The molecule has 0 unspecified atom stereocenters. The highest BCUT2D eigenvalue weighted by Gasteiger charge is 2.01. The van der Waals surface area contributed by atoms with Gasteiger partial charge in [0.2, 0.25) is 0 Å². The van der Waals surface area contributed by atoms with E-state index in [1.54, 1.807) is 24.1 Å². The van der Waals surface area contributed by atoms with Crippen molar-refractivity contribution in [3.8, 4) is 11.1 Å². The average molecular weight is 341 g/mol. The van der Waals surface area contributed by atoms with Gasteiger partial charge < -0.3 is 11.5 Å². The maximum atomic E-state index is 5.82. The molecular weight excluding hydrogens is 320 g/mol. The summed E-state index contributed by atoms with van der Waals surface area (Å²) in [5.74, 6) is 0. The molecule has 23 heavy (non-hydrogen) atoms. The minimum atomic E-state index is 0.693. The molecule has 2 nitrogen and oxygen atoms in total. The Hall–Kier alpha value is -2.04. The van der Waals surface area contributed by atoms with Gasteiger partial charge in [0, 0.05) is 21.2 Å². The number of thiol groups is 1. The third kappa shape index (κ3) is 4.98. The molecule has 118 valence electrons. The summed E-state index contributed by atoms with van der Waals surface area (Å²) in [4.78, 5) is 2.22. The van der Waals surface area contributed by atoms with E-state index >= 15 is 0 Å². The SMILES string of the molecule is CS.Nc1cc(N)cc(Sc2ccc(-c3ccccc3)cc2)c1. The summed E-state index contributed by atoms with van der Waals surface area (Å²) in [5, 5.41) is 0. The Kier molecular flexibility index (Phi) is 6.44. The lowest BCUT2D eigenvalue weighted by Crippen LogP contribution is -1.90. The smallest absolute Gasteiger partial charge is 0.0346 e. The standard InChI is InChI=1S/C18H16N2S.CH4S/c19-15-10-16(20)12-18(11-15)21-17-8-6-14(7-9-17)13-4-2-1-3-5-13;1-2/h1-12H,19-20H2;2H,1H3. The van der Waals surface area contributed by atoms with Gasteiger partial charge in [-0.3, -0.25) is 0 Å². The lowest BCUT2D eigenvalue weighted by atomic mass is 10.1. The Morgan fingerprint density at radius 1 is 0.652 bits per heavy atom. The highest BCUT2D eigenvalue weighted by Crippen LogP contribution is 2.32. The topological polar surface area (TPSA) is 52.0 Å². The molecule has 0 saturated carbocycles. The number of hydrogen-bond donors (Lipinski definition) is 3. The van der Waals surface area contributed by atoms with Gasteiger partial charge in [0.05, 0.1) is 0 Å². The molecule has 0 heterocycles. The number of rotatable bonds is 3. The Balaban J connectivity index is 0.000000924. The van der Waals surface area contributed by atoms with Gasteiger partial charge in [-0.15, -0.1) is 0 Å². The molecule has 0 aliphatic rings. The molecular formula is C19H20N2S2. The fourth-order valence-corrected chi connectivity index (χ4v) is 3.12. The zero-order valence-electron chi connectivity index (χ0n) is 12.9. The second kappa shape index (κ2) is 8.56. The molecule has 3 rings (SSSR count). The Bertz CT molecular complexity index is 721. The number of nitrogen functional groups attached to an aromatic ring is 2. The van der Waals surface area contributed by atoms with E-state index in [4.69, 9.17) is 11.5 Å². The summed E-state index contributed by atoms with van der Waals surface area (Å²) in [7, 11) is 0. The van der Waals surface area contributed by atoms with E-state index in [0.29, 0.717) is 11.4 Å². The van der Waals surface area contributed by atoms with Crippen LogP contribution in [0.5, 0.6) is 0 Å². The highest BCUT2D eigenvalue weighted by molar-refractivity contribution is 7.99. The van der Waals surface area contributed by atoms with Crippen LogP contribution in [0.3, 0.4) is 0 Å². The first-order chi connectivity index (χ1) is 11.2. The van der Waals surface area contributed by atoms with Crippen LogP contribution < -0.4 is 11.5 Å². The molecule has 0 aromatic heterocycles. The number of hydrogen-bond acceptors (Lipinski definition) is 4. The molecule has 0 aliphatic carbocycles. The molecule has 3 aromatic rings. The van der Waals surface area contributed by atoms with Crippen molar-refractivity contribution in [3.05, 3.63) is 72.8 Å². The van der Waals surface area contributed by atoms with E-state index in [1.165, 1.54) is 16.0 Å². The quantitative estimate of drug-likeness (QED) is 0.453. The highest BCUT2D eigenvalue weighted by atomic mass is 32.2. The van der Waals surface area contributed by atoms with Crippen LogP contribution in [0.4, 0.5) is 11.4 Å². The van der Waals surface area contributed by atoms with Crippen molar-refractivity contribution in [1.29, 1.82) is 0 Å². The first-order valence-corrected chi connectivity index (χ1v) is 8.86. The molecule has 0 amide bonds. The molecule has 0 bridgehead atoms.